The topological polar surface area (TPSA) is 72.8 Å². The van der Waals surface area contributed by atoms with E-state index in [9.17, 15) is 4.79 Å². The first kappa shape index (κ1) is 16.5. The van der Waals surface area contributed by atoms with Crippen molar-refractivity contribution in [3.8, 4) is 0 Å². The van der Waals surface area contributed by atoms with Gasteiger partial charge in [0.05, 0.1) is 13.2 Å². The van der Waals surface area contributed by atoms with E-state index >= 15 is 0 Å². The Morgan fingerprint density at radius 1 is 1.15 bits per heavy atom. The van der Waals surface area contributed by atoms with Crippen LogP contribution in [0.3, 0.4) is 0 Å². The molecule has 0 aliphatic heterocycles. The summed E-state index contributed by atoms with van der Waals surface area (Å²) in [5.74, 6) is 0. The number of amides is 2. The zero-order valence-electron chi connectivity index (χ0n) is 12.4. The molecule has 0 radical (unpaired) electrons. The molecule has 1 aromatic carbocycles. The molecule has 0 saturated heterocycles. The largest absolute Gasteiger partial charge is 0.395 e. The molecule has 5 heteroatoms. The van der Waals surface area contributed by atoms with Gasteiger partial charge < -0.3 is 20.4 Å². The second-order valence-corrected chi connectivity index (χ2v) is 5.66. The quantitative estimate of drug-likeness (QED) is 0.770. The van der Waals surface area contributed by atoms with E-state index in [2.05, 4.69) is 26.1 Å². The summed E-state index contributed by atoms with van der Waals surface area (Å²) < 4.78 is 0. The summed E-state index contributed by atoms with van der Waals surface area (Å²) >= 11 is 0. The highest BCUT2D eigenvalue weighted by Gasteiger charge is 2.20. The molecule has 0 aliphatic rings. The summed E-state index contributed by atoms with van der Waals surface area (Å²) in [6.45, 7) is 6.38. The number of hydrogen-bond donors (Lipinski definition) is 3. The van der Waals surface area contributed by atoms with Crippen molar-refractivity contribution in [2.75, 3.05) is 31.6 Å². The number of hydrogen-bond acceptors (Lipinski definition) is 3. The smallest absolute Gasteiger partial charge is 0.322 e. The lowest BCUT2D eigenvalue weighted by Crippen LogP contribution is -2.39. The number of nitrogens with one attached hydrogen (secondary N) is 1. The highest BCUT2D eigenvalue weighted by Crippen LogP contribution is 2.29. The van der Waals surface area contributed by atoms with Crippen LogP contribution in [0.5, 0.6) is 0 Å². The average Bonchev–Trinajstić information content (AvgIpc) is 2.38. The second kappa shape index (κ2) is 7.26. The summed E-state index contributed by atoms with van der Waals surface area (Å²) in [5, 5.41) is 20.8. The van der Waals surface area contributed by atoms with Crippen molar-refractivity contribution in [1.29, 1.82) is 0 Å². The monoisotopic (exact) mass is 280 g/mol. The van der Waals surface area contributed by atoms with Crippen molar-refractivity contribution in [3.63, 3.8) is 0 Å². The minimum absolute atomic E-state index is 0.0807. The minimum atomic E-state index is -0.315. The van der Waals surface area contributed by atoms with Crippen molar-refractivity contribution < 1.29 is 15.0 Å². The molecule has 0 atom stereocenters. The summed E-state index contributed by atoms with van der Waals surface area (Å²) in [7, 11) is 0. The van der Waals surface area contributed by atoms with Gasteiger partial charge in [0, 0.05) is 18.8 Å². The van der Waals surface area contributed by atoms with Crippen LogP contribution >= 0.6 is 0 Å². The molecule has 1 aromatic rings. The fraction of sp³-hybridized carbons (Fsp3) is 0.533. The van der Waals surface area contributed by atoms with Crippen LogP contribution in [-0.2, 0) is 5.41 Å². The van der Waals surface area contributed by atoms with Gasteiger partial charge in [-0.3, -0.25) is 0 Å². The van der Waals surface area contributed by atoms with E-state index < -0.39 is 0 Å². The van der Waals surface area contributed by atoms with Crippen molar-refractivity contribution in [2.45, 2.75) is 26.2 Å². The van der Waals surface area contributed by atoms with Gasteiger partial charge in [-0.05, 0) is 17.0 Å². The van der Waals surface area contributed by atoms with E-state index in [1.165, 1.54) is 4.90 Å². The lowest BCUT2D eigenvalue weighted by atomic mass is 9.86. The Morgan fingerprint density at radius 3 is 2.20 bits per heavy atom. The molecular formula is C15H24N2O3. The first-order valence-corrected chi connectivity index (χ1v) is 6.77. The Hall–Kier alpha value is -1.59. The third-order valence-corrected chi connectivity index (χ3v) is 3.00. The summed E-state index contributed by atoms with van der Waals surface area (Å²) in [6.07, 6.45) is 0. The van der Waals surface area contributed by atoms with Crippen LogP contribution in [0.2, 0.25) is 0 Å². The van der Waals surface area contributed by atoms with E-state index in [0.29, 0.717) is 0 Å². The number of anilines is 1. The maximum atomic E-state index is 12.2. The molecule has 2 amide bonds. The molecule has 0 spiro atoms. The Morgan fingerprint density at radius 2 is 1.70 bits per heavy atom. The normalized spacial score (nSPS) is 11.2. The maximum Gasteiger partial charge on any atom is 0.322 e. The molecule has 0 unspecified atom stereocenters. The van der Waals surface area contributed by atoms with Gasteiger partial charge in [0.1, 0.15) is 0 Å². The molecule has 0 aliphatic carbocycles. The SMILES string of the molecule is CC(C)(C)c1ccccc1NC(=O)N(CCO)CCO. The van der Waals surface area contributed by atoms with Gasteiger partial charge in [0.25, 0.3) is 0 Å². The van der Waals surface area contributed by atoms with E-state index in [1.54, 1.807) is 0 Å². The van der Waals surface area contributed by atoms with Gasteiger partial charge in [-0.25, -0.2) is 4.79 Å². The van der Waals surface area contributed by atoms with Gasteiger partial charge in [0.15, 0.2) is 0 Å². The zero-order valence-corrected chi connectivity index (χ0v) is 12.4. The van der Waals surface area contributed by atoms with Crippen LogP contribution in [0.15, 0.2) is 24.3 Å². The fourth-order valence-electron chi connectivity index (χ4n) is 2.00. The highest BCUT2D eigenvalue weighted by atomic mass is 16.3. The number of rotatable bonds is 5. The standard InChI is InChI=1S/C15H24N2O3/c1-15(2,3)12-6-4-5-7-13(12)16-14(20)17(8-10-18)9-11-19/h4-7,18-19H,8-11H2,1-3H3,(H,16,20). The summed E-state index contributed by atoms with van der Waals surface area (Å²) in [5.41, 5.74) is 1.72. The highest BCUT2D eigenvalue weighted by molar-refractivity contribution is 5.90. The molecule has 3 N–H and O–H groups in total. The number of carbonyl (C=O) groups is 1. The third-order valence-electron chi connectivity index (χ3n) is 3.00. The molecule has 20 heavy (non-hydrogen) atoms. The lowest BCUT2D eigenvalue weighted by molar-refractivity contribution is 0.167. The zero-order chi connectivity index (χ0) is 15.2. The van der Waals surface area contributed by atoms with Gasteiger partial charge in [-0.1, -0.05) is 39.0 Å². The molecular weight excluding hydrogens is 256 g/mol. The molecule has 0 saturated carbocycles. The van der Waals surface area contributed by atoms with Crippen molar-refractivity contribution in [3.05, 3.63) is 29.8 Å². The molecule has 0 heterocycles. The predicted octanol–water partition coefficient (Wildman–Crippen LogP) is 1.80. The number of benzene rings is 1. The second-order valence-electron chi connectivity index (χ2n) is 5.66. The maximum absolute atomic E-state index is 12.2. The molecule has 5 nitrogen and oxygen atoms in total. The first-order chi connectivity index (χ1) is 9.40. The van der Waals surface area contributed by atoms with Gasteiger partial charge >= 0.3 is 6.03 Å². The third kappa shape index (κ3) is 4.51. The van der Waals surface area contributed by atoms with Crippen LogP contribution in [0, 0.1) is 0 Å². The van der Waals surface area contributed by atoms with Gasteiger partial charge in [-0.15, -0.1) is 0 Å². The van der Waals surface area contributed by atoms with Crippen LogP contribution in [-0.4, -0.2) is 47.4 Å². The Labute approximate surface area is 120 Å². The van der Waals surface area contributed by atoms with Crippen molar-refractivity contribution >= 4 is 11.7 Å². The summed E-state index contributed by atoms with van der Waals surface area (Å²) in [6, 6.07) is 7.33. The summed E-state index contributed by atoms with van der Waals surface area (Å²) in [4.78, 5) is 13.6. The van der Waals surface area contributed by atoms with Gasteiger partial charge in [-0.2, -0.15) is 0 Å². The predicted molar refractivity (Wildman–Crippen MR) is 79.9 cm³/mol. The number of para-hydroxylation sites is 1. The number of urea groups is 1. The van der Waals surface area contributed by atoms with E-state index in [0.717, 1.165) is 11.3 Å². The van der Waals surface area contributed by atoms with Crippen LogP contribution in [0.4, 0.5) is 10.5 Å². The number of carbonyl (C=O) groups excluding carboxylic acids is 1. The fourth-order valence-corrected chi connectivity index (χ4v) is 2.00. The van der Waals surface area contributed by atoms with Crippen molar-refractivity contribution in [2.24, 2.45) is 0 Å². The van der Waals surface area contributed by atoms with E-state index in [1.807, 2.05) is 24.3 Å². The molecule has 0 fully saturated rings. The number of aliphatic hydroxyl groups is 2. The molecule has 0 aromatic heterocycles. The number of nitrogens with zero attached hydrogens (tertiary/aromatic N) is 1. The van der Waals surface area contributed by atoms with Crippen LogP contribution < -0.4 is 5.32 Å². The molecule has 0 bridgehead atoms. The molecule has 112 valence electrons. The van der Waals surface area contributed by atoms with Gasteiger partial charge in [0.2, 0.25) is 0 Å². The minimum Gasteiger partial charge on any atom is -0.395 e. The lowest BCUT2D eigenvalue weighted by Gasteiger charge is -2.26. The Kier molecular flexibility index (Phi) is 5.98. The van der Waals surface area contributed by atoms with Crippen LogP contribution in [0.25, 0.3) is 0 Å². The molecule has 1 rings (SSSR count). The van der Waals surface area contributed by atoms with E-state index in [4.69, 9.17) is 10.2 Å². The first-order valence-electron chi connectivity index (χ1n) is 6.77. The Balaban J connectivity index is 2.89. The number of aliphatic hydroxyl groups excluding tert-OH is 2. The Bertz CT molecular complexity index is 435. The van der Waals surface area contributed by atoms with E-state index in [-0.39, 0.29) is 37.7 Å². The average molecular weight is 280 g/mol. The van der Waals surface area contributed by atoms with Crippen LogP contribution in [0.1, 0.15) is 26.3 Å². The van der Waals surface area contributed by atoms with Crippen molar-refractivity contribution in [1.82, 2.24) is 4.90 Å².